The highest BCUT2D eigenvalue weighted by Crippen LogP contribution is 2.51. The van der Waals surface area contributed by atoms with Gasteiger partial charge in [0.15, 0.2) is 0 Å². The number of fused-ring (bicyclic) bond motifs is 6. The lowest BCUT2D eigenvalue weighted by molar-refractivity contribution is -0.00762. The first-order chi connectivity index (χ1) is 16.7. The molecule has 0 spiro atoms. The van der Waals surface area contributed by atoms with E-state index in [0.29, 0.717) is 23.9 Å². The Balaban J connectivity index is 1.65. The third-order valence-corrected chi connectivity index (χ3v) is 8.34. The van der Waals surface area contributed by atoms with Gasteiger partial charge in [-0.1, -0.05) is 74.5 Å². The molecule has 3 aromatic rings. The molecule has 1 fully saturated rings. The summed E-state index contributed by atoms with van der Waals surface area (Å²) >= 11 is 0. The third kappa shape index (κ3) is 3.88. The number of oxime groups is 1. The molecule has 1 saturated heterocycles. The van der Waals surface area contributed by atoms with Crippen LogP contribution in [-0.2, 0) is 20.0 Å². The van der Waals surface area contributed by atoms with Crippen LogP contribution in [0.25, 0.3) is 10.9 Å². The Morgan fingerprint density at radius 2 is 1.85 bits per heavy atom. The summed E-state index contributed by atoms with van der Waals surface area (Å²) in [4.78, 5) is 2.70. The molecule has 0 radical (unpaired) electrons. The lowest BCUT2D eigenvalue weighted by Crippen LogP contribution is -2.55. The molecule has 4 nitrogen and oxygen atoms in total. The summed E-state index contributed by atoms with van der Waals surface area (Å²) in [5, 5.41) is 14.8. The fraction of sp³-hybridized carbons (Fsp3) is 0.433. The zero-order valence-electron chi connectivity index (χ0n) is 20.6. The first-order valence-electron chi connectivity index (χ1n) is 12.9. The lowest BCUT2D eigenvalue weighted by atomic mass is 9.65. The quantitative estimate of drug-likeness (QED) is 0.186. The maximum absolute atomic E-state index is 9.74. The van der Waals surface area contributed by atoms with E-state index < -0.39 is 0 Å². The van der Waals surface area contributed by atoms with Crippen LogP contribution in [-0.4, -0.2) is 26.9 Å². The zero-order chi connectivity index (χ0) is 23.7. The van der Waals surface area contributed by atoms with Gasteiger partial charge in [-0.3, -0.25) is 4.90 Å². The molecule has 3 unspecified atom stereocenters. The molecule has 0 amide bonds. The molecule has 5 rings (SSSR count). The van der Waals surface area contributed by atoms with Crippen molar-refractivity contribution < 1.29 is 5.21 Å². The molecule has 1 aromatic heterocycles. The molecule has 0 saturated carbocycles. The van der Waals surface area contributed by atoms with Crippen LogP contribution >= 0.6 is 0 Å². The van der Waals surface area contributed by atoms with Gasteiger partial charge in [0.2, 0.25) is 0 Å². The Hall–Kier alpha value is -2.85. The van der Waals surface area contributed by atoms with Crippen molar-refractivity contribution in [1.82, 2.24) is 9.47 Å². The Labute approximate surface area is 203 Å². The molecule has 2 aromatic carbocycles. The SMILES string of the molecule is CC/C=C/C(CC)C1C[C@H]2c3c(c4ccccc4n3C)C[C@@H](C1/C=N/O)N2Cc1ccccc1. The normalized spacial score (nSPS) is 25.9. The number of aromatic nitrogens is 1. The number of para-hydroxylation sites is 1. The van der Waals surface area contributed by atoms with E-state index in [0.717, 1.165) is 32.2 Å². The van der Waals surface area contributed by atoms with Gasteiger partial charge >= 0.3 is 0 Å². The largest absolute Gasteiger partial charge is 0.411 e. The molecule has 2 bridgehead atoms. The maximum Gasteiger partial charge on any atom is 0.0513 e. The van der Waals surface area contributed by atoms with Gasteiger partial charge < -0.3 is 9.77 Å². The molecule has 4 heteroatoms. The number of benzene rings is 2. The molecule has 2 aliphatic rings. The lowest BCUT2D eigenvalue weighted by Gasteiger charge is -2.53. The molecule has 178 valence electrons. The molecule has 34 heavy (non-hydrogen) atoms. The van der Waals surface area contributed by atoms with Gasteiger partial charge in [0.1, 0.15) is 0 Å². The minimum atomic E-state index is 0.212. The molecular formula is C30H37N3O. The van der Waals surface area contributed by atoms with Crippen LogP contribution in [0.1, 0.15) is 56.0 Å². The van der Waals surface area contributed by atoms with E-state index in [1.165, 1.54) is 27.7 Å². The number of allylic oxidation sites excluding steroid dienone is 2. The number of piperidine rings is 1. The van der Waals surface area contributed by atoms with Crippen molar-refractivity contribution in [3.63, 3.8) is 0 Å². The fourth-order valence-corrected chi connectivity index (χ4v) is 6.81. The number of nitrogens with zero attached hydrogens (tertiary/aromatic N) is 3. The summed E-state index contributed by atoms with van der Waals surface area (Å²) in [7, 11) is 2.24. The summed E-state index contributed by atoms with van der Waals surface area (Å²) < 4.78 is 2.45. The zero-order valence-corrected chi connectivity index (χ0v) is 20.6. The van der Waals surface area contributed by atoms with Crippen LogP contribution < -0.4 is 0 Å². The van der Waals surface area contributed by atoms with Crippen LogP contribution in [0.2, 0.25) is 0 Å². The molecule has 5 atom stereocenters. The first kappa shape index (κ1) is 22.9. The summed E-state index contributed by atoms with van der Waals surface area (Å²) in [5.41, 5.74) is 5.63. The van der Waals surface area contributed by atoms with Gasteiger partial charge in [0.05, 0.1) is 6.04 Å². The van der Waals surface area contributed by atoms with Crippen LogP contribution in [0.5, 0.6) is 0 Å². The van der Waals surface area contributed by atoms with E-state index in [1.54, 1.807) is 0 Å². The smallest absolute Gasteiger partial charge is 0.0513 e. The van der Waals surface area contributed by atoms with Gasteiger partial charge in [0, 0.05) is 48.4 Å². The number of aryl methyl sites for hydroxylation is 1. The minimum absolute atomic E-state index is 0.212. The van der Waals surface area contributed by atoms with Crippen molar-refractivity contribution >= 4 is 17.1 Å². The second-order valence-electron chi connectivity index (χ2n) is 10.0. The second-order valence-corrected chi connectivity index (χ2v) is 10.0. The topological polar surface area (TPSA) is 40.8 Å². The standard InChI is InChI=1S/C30H37N3O/c1-4-6-14-22(5-2)24-17-29-30-25(23-15-10-11-16-27(23)32(30)3)18-28(26(24)19-31-34)33(29)20-21-12-8-7-9-13-21/h6-16,19,22,24,26,28-29,34H,4-5,17-18,20H2,1-3H3/b14-6+,31-19+/t22?,24?,26?,28-,29-/m0/s1. The highest BCUT2D eigenvalue weighted by atomic mass is 16.4. The Kier molecular flexibility index (Phi) is 6.60. The Morgan fingerprint density at radius 1 is 1.09 bits per heavy atom. The third-order valence-electron chi connectivity index (χ3n) is 8.34. The van der Waals surface area contributed by atoms with E-state index >= 15 is 0 Å². The highest BCUT2D eigenvalue weighted by molar-refractivity contribution is 5.86. The molecule has 2 aliphatic heterocycles. The van der Waals surface area contributed by atoms with Gasteiger partial charge in [-0.15, -0.1) is 5.16 Å². The van der Waals surface area contributed by atoms with Crippen molar-refractivity contribution in [2.24, 2.45) is 30.0 Å². The predicted molar refractivity (Wildman–Crippen MR) is 140 cm³/mol. The van der Waals surface area contributed by atoms with E-state index in [9.17, 15) is 5.21 Å². The van der Waals surface area contributed by atoms with Crippen molar-refractivity contribution in [3.8, 4) is 0 Å². The summed E-state index contributed by atoms with van der Waals surface area (Å²) in [5.74, 6) is 1.16. The van der Waals surface area contributed by atoms with Crippen LogP contribution in [0.3, 0.4) is 0 Å². The second kappa shape index (κ2) is 9.79. The van der Waals surface area contributed by atoms with Crippen molar-refractivity contribution in [1.29, 1.82) is 0 Å². The summed E-state index contributed by atoms with van der Waals surface area (Å²) in [6, 6.07) is 20.3. The molecule has 1 N–H and O–H groups in total. The predicted octanol–water partition coefficient (Wildman–Crippen LogP) is 6.73. The van der Waals surface area contributed by atoms with E-state index in [-0.39, 0.29) is 5.92 Å². The van der Waals surface area contributed by atoms with Crippen molar-refractivity contribution in [3.05, 3.63) is 83.6 Å². The monoisotopic (exact) mass is 455 g/mol. The van der Waals surface area contributed by atoms with Gasteiger partial charge in [-0.05, 0) is 54.7 Å². The van der Waals surface area contributed by atoms with Crippen LogP contribution in [0.4, 0.5) is 0 Å². The average Bonchev–Trinajstić information content (AvgIpc) is 3.14. The fourth-order valence-electron chi connectivity index (χ4n) is 6.81. The number of hydrogen-bond acceptors (Lipinski definition) is 3. The molecule has 0 aliphatic carbocycles. The van der Waals surface area contributed by atoms with Gasteiger partial charge in [-0.2, -0.15) is 0 Å². The number of hydrogen-bond donors (Lipinski definition) is 1. The number of rotatable bonds is 7. The molecule has 3 heterocycles. The van der Waals surface area contributed by atoms with E-state index in [4.69, 9.17) is 0 Å². The van der Waals surface area contributed by atoms with Crippen LogP contribution in [0, 0.1) is 17.8 Å². The van der Waals surface area contributed by atoms with Crippen LogP contribution in [0.15, 0.2) is 71.9 Å². The Morgan fingerprint density at radius 3 is 2.59 bits per heavy atom. The molecular weight excluding hydrogens is 418 g/mol. The maximum atomic E-state index is 9.74. The minimum Gasteiger partial charge on any atom is -0.411 e. The van der Waals surface area contributed by atoms with E-state index in [2.05, 4.69) is 102 Å². The van der Waals surface area contributed by atoms with Gasteiger partial charge in [0.25, 0.3) is 0 Å². The highest BCUT2D eigenvalue weighted by Gasteiger charge is 2.49. The Bertz CT molecular complexity index is 1180. The average molecular weight is 456 g/mol. The summed E-state index contributed by atoms with van der Waals surface area (Å²) in [6.45, 7) is 5.42. The van der Waals surface area contributed by atoms with Crippen molar-refractivity contribution in [2.75, 3.05) is 0 Å². The van der Waals surface area contributed by atoms with Crippen molar-refractivity contribution in [2.45, 2.75) is 58.2 Å². The van der Waals surface area contributed by atoms with E-state index in [1.807, 2.05) is 6.21 Å². The first-order valence-corrected chi connectivity index (χ1v) is 12.9. The van der Waals surface area contributed by atoms with Gasteiger partial charge in [-0.25, -0.2) is 0 Å². The summed E-state index contributed by atoms with van der Waals surface area (Å²) in [6.07, 6.45) is 10.8.